The predicted octanol–water partition coefficient (Wildman–Crippen LogP) is 4.67. The van der Waals surface area contributed by atoms with E-state index < -0.39 is 0 Å². The molecule has 3 aromatic rings. The van der Waals surface area contributed by atoms with Gasteiger partial charge in [0.1, 0.15) is 12.4 Å². The molecule has 1 N–H and O–H groups in total. The first-order chi connectivity index (χ1) is 13.4. The molecule has 0 saturated carbocycles. The zero-order chi connectivity index (χ0) is 18.3. The summed E-state index contributed by atoms with van der Waals surface area (Å²) in [6.07, 6.45) is 4.41. The van der Waals surface area contributed by atoms with Gasteiger partial charge in [-0.25, -0.2) is 0 Å². The summed E-state index contributed by atoms with van der Waals surface area (Å²) in [7, 11) is 0. The lowest BCUT2D eigenvalue weighted by Crippen LogP contribution is -2.27. The lowest BCUT2D eigenvalue weighted by molar-refractivity contribution is 0.307. The number of hydrogen-bond acceptors (Lipinski definition) is 5. The number of rotatable bonds is 7. The Hall–Kier alpha value is -2.37. The van der Waals surface area contributed by atoms with Gasteiger partial charge in [-0.2, -0.15) is 4.98 Å². The van der Waals surface area contributed by atoms with E-state index in [0.717, 1.165) is 48.7 Å². The zero-order valence-corrected chi connectivity index (χ0v) is 16.7. The van der Waals surface area contributed by atoms with Gasteiger partial charge in [0, 0.05) is 6.42 Å². The van der Waals surface area contributed by atoms with Gasteiger partial charge in [0.15, 0.2) is 0 Å². The van der Waals surface area contributed by atoms with Crippen LogP contribution >= 0.6 is 12.4 Å². The number of piperidine rings is 1. The van der Waals surface area contributed by atoms with E-state index in [-0.39, 0.29) is 12.4 Å². The van der Waals surface area contributed by atoms with Gasteiger partial charge in [-0.1, -0.05) is 47.6 Å². The molecule has 1 fully saturated rings. The number of benzene rings is 2. The molecular formula is C22H26ClN3O2. The molecular weight excluding hydrogens is 374 g/mol. The van der Waals surface area contributed by atoms with Crippen molar-refractivity contribution in [1.29, 1.82) is 0 Å². The minimum absolute atomic E-state index is 0. The summed E-state index contributed by atoms with van der Waals surface area (Å²) >= 11 is 0. The number of hydrogen-bond donors (Lipinski definition) is 1. The molecule has 0 aliphatic carbocycles. The summed E-state index contributed by atoms with van der Waals surface area (Å²) in [6, 6.07) is 18.0. The van der Waals surface area contributed by atoms with E-state index in [2.05, 4.69) is 27.6 Å². The van der Waals surface area contributed by atoms with Gasteiger partial charge in [-0.3, -0.25) is 0 Å². The second-order valence-corrected chi connectivity index (χ2v) is 7.01. The van der Waals surface area contributed by atoms with Crippen LogP contribution in [0.1, 0.15) is 30.7 Å². The summed E-state index contributed by atoms with van der Waals surface area (Å²) in [4.78, 5) is 4.61. The first kappa shape index (κ1) is 20.4. The van der Waals surface area contributed by atoms with E-state index in [1.807, 2.05) is 42.5 Å². The fourth-order valence-corrected chi connectivity index (χ4v) is 3.48. The minimum Gasteiger partial charge on any atom is -0.488 e. The van der Waals surface area contributed by atoms with Crippen LogP contribution in [0.15, 0.2) is 59.1 Å². The van der Waals surface area contributed by atoms with E-state index in [9.17, 15) is 0 Å². The quantitative estimate of drug-likeness (QED) is 0.625. The van der Waals surface area contributed by atoms with E-state index in [1.165, 1.54) is 12.8 Å². The summed E-state index contributed by atoms with van der Waals surface area (Å²) in [6.45, 7) is 2.75. The second-order valence-electron chi connectivity index (χ2n) is 7.01. The third kappa shape index (κ3) is 5.33. The third-order valence-corrected chi connectivity index (χ3v) is 5.06. The van der Waals surface area contributed by atoms with Gasteiger partial charge in [-0.15, -0.1) is 12.4 Å². The van der Waals surface area contributed by atoms with Crippen LogP contribution in [0, 0.1) is 5.92 Å². The number of ether oxygens (including phenoxy) is 1. The van der Waals surface area contributed by atoms with Gasteiger partial charge in [0.25, 0.3) is 0 Å². The summed E-state index contributed by atoms with van der Waals surface area (Å²) < 4.78 is 11.5. The Balaban J connectivity index is 0.00000225. The Morgan fingerprint density at radius 2 is 1.75 bits per heavy atom. The molecule has 5 nitrogen and oxygen atoms in total. The van der Waals surface area contributed by atoms with Crippen LogP contribution in [0.2, 0.25) is 0 Å². The highest BCUT2D eigenvalue weighted by atomic mass is 35.5. The smallest absolute Gasteiger partial charge is 0.226 e. The summed E-state index contributed by atoms with van der Waals surface area (Å²) in [5.41, 5.74) is 1.99. The Kier molecular flexibility index (Phi) is 7.46. The van der Waals surface area contributed by atoms with E-state index in [4.69, 9.17) is 9.26 Å². The lowest BCUT2D eigenvalue weighted by Gasteiger charge is -2.21. The molecule has 0 radical (unpaired) electrons. The van der Waals surface area contributed by atoms with Crippen LogP contribution < -0.4 is 10.1 Å². The maximum absolute atomic E-state index is 6.01. The zero-order valence-electron chi connectivity index (χ0n) is 15.8. The van der Waals surface area contributed by atoms with Crippen molar-refractivity contribution in [3.8, 4) is 17.1 Å². The molecule has 2 aromatic carbocycles. The number of nitrogens with one attached hydrogen (secondary N) is 1. The fourth-order valence-electron chi connectivity index (χ4n) is 3.48. The van der Waals surface area contributed by atoms with Crippen LogP contribution in [0.5, 0.6) is 5.75 Å². The maximum Gasteiger partial charge on any atom is 0.226 e. The largest absolute Gasteiger partial charge is 0.488 e. The molecule has 2 heterocycles. The van der Waals surface area contributed by atoms with Crippen LogP contribution in [-0.4, -0.2) is 23.2 Å². The van der Waals surface area contributed by atoms with E-state index in [0.29, 0.717) is 18.3 Å². The molecule has 1 saturated heterocycles. The molecule has 6 heteroatoms. The van der Waals surface area contributed by atoms with E-state index >= 15 is 0 Å². The summed E-state index contributed by atoms with van der Waals surface area (Å²) in [5.74, 6) is 2.83. The minimum atomic E-state index is 0. The van der Waals surface area contributed by atoms with Crippen LogP contribution in [0.3, 0.4) is 0 Å². The number of aryl methyl sites for hydroxylation is 1. The van der Waals surface area contributed by atoms with Gasteiger partial charge >= 0.3 is 0 Å². The molecule has 1 aromatic heterocycles. The number of halogens is 1. The maximum atomic E-state index is 6.01. The molecule has 1 aliphatic rings. The van der Waals surface area contributed by atoms with Crippen molar-refractivity contribution >= 4 is 12.4 Å². The molecule has 0 amide bonds. The number of para-hydroxylation sites is 1. The van der Waals surface area contributed by atoms with Crippen LogP contribution in [0.4, 0.5) is 0 Å². The van der Waals surface area contributed by atoms with Gasteiger partial charge < -0.3 is 14.6 Å². The lowest BCUT2D eigenvalue weighted by atomic mass is 9.93. The van der Waals surface area contributed by atoms with Crippen LogP contribution in [-0.2, 0) is 13.0 Å². The van der Waals surface area contributed by atoms with Crippen molar-refractivity contribution in [2.24, 2.45) is 5.92 Å². The monoisotopic (exact) mass is 399 g/mol. The van der Waals surface area contributed by atoms with Crippen molar-refractivity contribution in [2.45, 2.75) is 32.3 Å². The molecule has 28 heavy (non-hydrogen) atoms. The Bertz CT molecular complexity index is 848. The topological polar surface area (TPSA) is 60.2 Å². The molecule has 0 bridgehead atoms. The molecule has 0 unspecified atom stereocenters. The summed E-state index contributed by atoms with van der Waals surface area (Å²) in [5, 5.41) is 7.59. The number of aromatic nitrogens is 2. The van der Waals surface area contributed by atoms with Crippen molar-refractivity contribution in [3.63, 3.8) is 0 Å². The molecule has 148 valence electrons. The second kappa shape index (κ2) is 10.2. The van der Waals surface area contributed by atoms with Gasteiger partial charge in [0.2, 0.25) is 11.7 Å². The van der Waals surface area contributed by atoms with Crippen molar-refractivity contribution < 1.29 is 9.26 Å². The van der Waals surface area contributed by atoms with Gasteiger partial charge in [0.05, 0.1) is 5.56 Å². The average Bonchev–Trinajstić information content (AvgIpc) is 3.21. The molecule has 0 atom stereocenters. The average molecular weight is 400 g/mol. The Labute approximate surface area is 171 Å². The normalized spacial score (nSPS) is 14.4. The highest BCUT2D eigenvalue weighted by molar-refractivity contribution is 5.85. The Morgan fingerprint density at radius 1 is 1.00 bits per heavy atom. The van der Waals surface area contributed by atoms with Crippen molar-refractivity contribution in [1.82, 2.24) is 15.5 Å². The highest BCUT2D eigenvalue weighted by Gasteiger charge is 2.17. The predicted molar refractivity (Wildman–Crippen MR) is 112 cm³/mol. The first-order valence-electron chi connectivity index (χ1n) is 9.68. The third-order valence-electron chi connectivity index (χ3n) is 5.06. The molecule has 1 aliphatic heterocycles. The molecule has 4 rings (SSSR count). The van der Waals surface area contributed by atoms with Crippen molar-refractivity contribution in [2.75, 3.05) is 13.1 Å². The van der Waals surface area contributed by atoms with Crippen LogP contribution in [0.25, 0.3) is 11.4 Å². The fraction of sp³-hybridized carbons (Fsp3) is 0.364. The SMILES string of the molecule is Cl.c1ccc(COc2ccccc2-c2noc(CCC3CCNCC3)n2)cc1. The molecule has 0 spiro atoms. The van der Waals surface area contributed by atoms with E-state index in [1.54, 1.807) is 0 Å². The number of nitrogens with zero attached hydrogens (tertiary/aromatic N) is 2. The Morgan fingerprint density at radius 3 is 2.57 bits per heavy atom. The highest BCUT2D eigenvalue weighted by Crippen LogP contribution is 2.29. The van der Waals surface area contributed by atoms with Crippen molar-refractivity contribution in [3.05, 3.63) is 66.1 Å². The van der Waals surface area contributed by atoms with Gasteiger partial charge in [-0.05, 0) is 56.0 Å². The first-order valence-corrected chi connectivity index (χ1v) is 9.68. The standard InChI is InChI=1S/C22H25N3O2.ClH/c1-2-6-18(7-3-1)16-26-20-9-5-4-8-19(20)22-24-21(27-25-22)11-10-17-12-14-23-15-13-17;/h1-9,17,23H,10-16H2;1H.